The molecule has 0 spiro atoms. The normalized spacial score (nSPS) is 11.3. The molecule has 7 nitrogen and oxygen atoms in total. The molecule has 8 heteroatoms. The Labute approximate surface area is 142 Å². The van der Waals surface area contributed by atoms with Crippen molar-refractivity contribution in [1.29, 1.82) is 0 Å². The van der Waals surface area contributed by atoms with Gasteiger partial charge >= 0.3 is 5.97 Å². The molecule has 0 aliphatic rings. The van der Waals surface area contributed by atoms with Gasteiger partial charge in [0.1, 0.15) is 11.3 Å². The van der Waals surface area contributed by atoms with Crippen molar-refractivity contribution in [3.8, 4) is 0 Å². The molecule has 1 aromatic carbocycles. The smallest absolute Gasteiger partial charge is 0.360 e. The van der Waals surface area contributed by atoms with Gasteiger partial charge in [0, 0.05) is 6.20 Å². The van der Waals surface area contributed by atoms with E-state index in [1.807, 2.05) is 0 Å². The van der Waals surface area contributed by atoms with Gasteiger partial charge in [0.05, 0.1) is 13.2 Å². The van der Waals surface area contributed by atoms with E-state index in [1.165, 1.54) is 16.5 Å². The molecule has 1 N–H and O–H groups in total. The SMILES string of the molecule is CCOC(=O)c1nc2cc(CO)ccn2c1N=Nc1ccccc1F. The molecular weight excluding hydrogens is 327 g/mol. The van der Waals surface area contributed by atoms with Crippen molar-refractivity contribution in [2.45, 2.75) is 13.5 Å². The predicted molar refractivity (Wildman–Crippen MR) is 87.6 cm³/mol. The minimum absolute atomic E-state index is 0.0305. The van der Waals surface area contributed by atoms with Crippen LogP contribution < -0.4 is 0 Å². The lowest BCUT2D eigenvalue weighted by Gasteiger charge is -2.00. The second-order valence-electron chi connectivity index (χ2n) is 5.08. The van der Waals surface area contributed by atoms with E-state index in [0.29, 0.717) is 11.2 Å². The number of aliphatic hydroxyl groups excluding tert-OH is 1. The van der Waals surface area contributed by atoms with Gasteiger partial charge in [-0.05, 0) is 36.8 Å². The van der Waals surface area contributed by atoms with E-state index < -0.39 is 11.8 Å². The number of benzene rings is 1. The number of hydrogen-bond acceptors (Lipinski definition) is 6. The number of carbonyl (C=O) groups excluding carboxylic acids is 1. The number of nitrogens with zero attached hydrogens (tertiary/aromatic N) is 4. The molecule has 0 unspecified atom stereocenters. The fraction of sp³-hybridized carbons (Fsp3) is 0.176. The van der Waals surface area contributed by atoms with Gasteiger partial charge in [0.15, 0.2) is 17.3 Å². The predicted octanol–water partition coefficient (Wildman–Crippen LogP) is 3.56. The third-order valence-electron chi connectivity index (χ3n) is 3.42. The first-order chi connectivity index (χ1) is 12.1. The average molecular weight is 342 g/mol. The van der Waals surface area contributed by atoms with Crippen molar-refractivity contribution in [2.24, 2.45) is 10.2 Å². The van der Waals surface area contributed by atoms with Gasteiger partial charge in [-0.1, -0.05) is 12.1 Å². The molecule has 3 rings (SSSR count). The number of pyridine rings is 1. The number of ether oxygens (including phenoxy) is 1. The summed E-state index contributed by atoms with van der Waals surface area (Å²) in [6.07, 6.45) is 1.60. The van der Waals surface area contributed by atoms with Crippen molar-refractivity contribution in [2.75, 3.05) is 6.61 Å². The maximum atomic E-state index is 13.7. The maximum Gasteiger partial charge on any atom is 0.360 e. The van der Waals surface area contributed by atoms with E-state index in [4.69, 9.17) is 4.74 Å². The second-order valence-corrected chi connectivity index (χ2v) is 5.08. The molecule has 0 bridgehead atoms. The summed E-state index contributed by atoms with van der Waals surface area (Å²) in [7, 11) is 0. The molecule has 0 amide bonds. The molecule has 2 heterocycles. The Morgan fingerprint density at radius 3 is 2.84 bits per heavy atom. The van der Waals surface area contributed by atoms with E-state index in [0.717, 1.165) is 0 Å². The Balaban J connectivity index is 2.12. The van der Waals surface area contributed by atoms with Crippen molar-refractivity contribution < 1.29 is 19.0 Å². The number of fused-ring (bicyclic) bond motifs is 1. The third-order valence-corrected chi connectivity index (χ3v) is 3.42. The number of aliphatic hydroxyl groups is 1. The fourth-order valence-electron chi connectivity index (χ4n) is 2.24. The number of carbonyl (C=O) groups is 1. The minimum Gasteiger partial charge on any atom is -0.461 e. The first-order valence-corrected chi connectivity index (χ1v) is 7.59. The van der Waals surface area contributed by atoms with E-state index in [-0.39, 0.29) is 30.4 Å². The monoisotopic (exact) mass is 342 g/mol. The van der Waals surface area contributed by atoms with Crippen LogP contribution in [-0.4, -0.2) is 27.1 Å². The Morgan fingerprint density at radius 2 is 2.12 bits per heavy atom. The second kappa shape index (κ2) is 7.18. The topological polar surface area (TPSA) is 88.5 Å². The quantitative estimate of drug-likeness (QED) is 0.567. The molecule has 0 fully saturated rings. The van der Waals surface area contributed by atoms with Crippen LogP contribution in [0, 0.1) is 5.82 Å². The van der Waals surface area contributed by atoms with Crippen LogP contribution in [0.5, 0.6) is 0 Å². The Kier molecular flexibility index (Phi) is 4.80. The molecular formula is C17H15FN4O3. The zero-order valence-corrected chi connectivity index (χ0v) is 13.4. The molecule has 0 radical (unpaired) electrons. The van der Waals surface area contributed by atoms with Crippen molar-refractivity contribution in [3.63, 3.8) is 0 Å². The molecule has 0 atom stereocenters. The minimum atomic E-state index is -0.653. The number of imidazole rings is 1. The number of aromatic nitrogens is 2. The van der Waals surface area contributed by atoms with Crippen LogP contribution in [0.4, 0.5) is 15.9 Å². The lowest BCUT2D eigenvalue weighted by molar-refractivity contribution is 0.0521. The number of halogens is 1. The Hall–Kier alpha value is -3.13. The van der Waals surface area contributed by atoms with Crippen LogP contribution in [-0.2, 0) is 11.3 Å². The summed E-state index contributed by atoms with van der Waals surface area (Å²) in [5.74, 6) is -1.05. The highest BCUT2D eigenvalue weighted by Crippen LogP contribution is 2.26. The van der Waals surface area contributed by atoms with Crippen LogP contribution in [0.3, 0.4) is 0 Å². The van der Waals surface area contributed by atoms with Crippen LogP contribution in [0.2, 0.25) is 0 Å². The van der Waals surface area contributed by atoms with E-state index >= 15 is 0 Å². The van der Waals surface area contributed by atoms with E-state index in [9.17, 15) is 14.3 Å². The summed E-state index contributed by atoms with van der Waals surface area (Å²) in [4.78, 5) is 16.3. The van der Waals surface area contributed by atoms with Crippen LogP contribution in [0.25, 0.3) is 5.65 Å². The third kappa shape index (κ3) is 3.38. The van der Waals surface area contributed by atoms with Gasteiger partial charge in [-0.2, -0.15) is 0 Å². The summed E-state index contributed by atoms with van der Waals surface area (Å²) in [6.45, 7) is 1.70. The number of esters is 1. The number of rotatable bonds is 5. The molecule has 3 aromatic rings. The van der Waals surface area contributed by atoms with Crippen molar-refractivity contribution in [1.82, 2.24) is 9.38 Å². The molecule has 128 valence electrons. The van der Waals surface area contributed by atoms with Gasteiger partial charge in [-0.25, -0.2) is 14.2 Å². The summed E-state index contributed by atoms with van der Waals surface area (Å²) in [5.41, 5.74) is 1.04. The van der Waals surface area contributed by atoms with Gasteiger partial charge in [0.25, 0.3) is 0 Å². The zero-order chi connectivity index (χ0) is 17.8. The molecule has 0 aliphatic carbocycles. The fourth-order valence-corrected chi connectivity index (χ4v) is 2.24. The van der Waals surface area contributed by atoms with Gasteiger partial charge in [0.2, 0.25) is 0 Å². The van der Waals surface area contributed by atoms with Crippen molar-refractivity contribution in [3.05, 3.63) is 59.7 Å². The van der Waals surface area contributed by atoms with Gasteiger partial charge in [-0.3, -0.25) is 4.40 Å². The van der Waals surface area contributed by atoms with E-state index in [1.54, 1.807) is 37.4 Å². The van der Waals surface area contributed by atoms with Crippen LogP contribution >= 0.6 is 0 Å². The van der Waals surface area contributed by atoms with Crippen LogP contribution in [0.1, 0.15) is 23.0 Å². The van der Waals surface area contributed by atoms with Crippen LogP contribution in [0.15, 0.2) is 52.8 Å². The largest absolute Gasteiger partial charge is 0.461 e. The molecule has 0 aliphatic heterocycles. The molecule has 2 aromatic heterocycles. The number of hydrogen-bond donors (Lipinski definition) is 1. The lowest BCUT2D eigenvalue weighted by Crippen LogP contribution is -2.05. The lowest BCUT2D eigenvalue weighted by atomic mass is 10.3. The summed E-state index contributed by atoms with van der Waals surface area (Å²) in [5, 5.41) is 17.1. The Bertz CT molecular complexity index is 952. The summed E-state index contributed by atoms with van der Waals surface area (Å²) >= 11 is 0. The first-order valence-electron chi connectivity index (χ1n) is 7.59. The highest BCUT2D eigenvalue weighted by atomic mass is 19.1. The Morgan fingerprint density at radius 1 is 1.32 bits per heavy atom. The van der Waals surface area contributed by atoms with Gasteiger partial charge in [-0.15, -0.1) is 10.2 Å². The summed E-state index contributed by atoms with van der Waals surface area (Å²) in [6, 6.07) is 9.18. The highest BCUT2D eigenvalue weighted by Gasteiger charge is 2.20. The summed E-state index contributed by atoms with van der Waals surface area (Å²) < 4.78 is 20.2. The first kappa shape index (κ1) is 16.7. The molecule has 0 saturated carbocycles. The highest BCUT2D eigenvalue weighted by molar-refractivity contribution is 5.93. The zero-order valence-electron chi connectivity index (χ0n) is 13.4. The number of azo groups is 1. The van der Waals surface area contributed by atoms with Gasteiger partial charge < -0.3 is 9.84 Å². The van der Waals surface area contributed by atoms with Crippen molar-refractivity contribution >= 4 is 23.1 Å². The maximum absolute atomic E-state index is 13.7. The molecule has 25 heavy (non-hydrogen) atoms. The van der Waals surface area contributed by atoms with E-state index in [2.05, 4.69) is 15.2 Å². The molecule has 0 saturated heterocycles. The standard InChI is InChI=1S/C17H15FN4O3/c1-2-25-17(24)15-16(21-20-13-6-4-3-5-12(13)18)22-8-7-11(10-23)9-14(22)19-15/h3-9,23H,2,10H2,1H3. The average Bonchev–Trinajstić information content (AvgIpc) is 2.99.